The van der Waals surface area contributed by atoms with Gasteiger partial charge in [0.1, 0.15) is 0 Å². The molecule has 0 spiro atoms. The van der Waals surface area contributed by atoms with Crippen LogP contribution >= 0.6 is 0 Å². The Morgan fingerprint density at radius 2 is 1.45 bits per heavy atom. The maximum absolute atomic E-state index is 12.3. The van der Waals surface area contributed by atoms with Crippen molar-refractivity contribution in [2.24, 2.45) is 0 Å². The van der Waals surface area contributed by atoms with Crippen LogP contribution in [-0.2, 0) is 14.3 Å². The number of epoxide rings is 1. The molecule has 1 atom stereocenters. The molecule has 1 fully saturated rings. The van der Waals surface area contributed by atoms with Gasteiger partial charge in [0.05, 0.1) is 0 Å². The van der Waals surface area contributed by atoms with Crippen molar-refractivity contribution in [3.63, 3.8) is 0 Å². The standard InChI is InChI=1S/C4H5O3.3C4H9.Sn/c1-6-4(5)3-2-7-3;3*1-3-4-2;/h2H2,1H3;3*1,3-4H2,2H3;. The number of ether oxygens (including phenoxy) is 2. The monoisotopic (exact) mass is 392 g/mol. The molecule has 1 saturated heterocycles. The number of hydrogen-bond acceptors (Lipinski definition) is 3. The summed E-state index contributed by atoms with van der Waals surface area (Å²) in [5, 5.41) is 0. The molecule has 20 heavy (non-hydrogen) atoms. The van der Waals surface area contributed by atoms with Crippen LogP contribution in [0, 0.1) is 0 Å². The minimum absolute atomic E-state index is 0.0587. The number of rotatable bonds is 11. The Balaban J connectivity index is 2.96. The van der Waals surface area contributed by atoms with Gasteiger partial charge in [-0.15, -0.1) is 0 Å². The van der Waals surface area contributed by atoms with E-state index in [1.54, 1.807) is 0 Å². The van der Waals surface area contributed by atoms with E-state index in [-0.39, 0.29) is 5.97 Å². The minimum atomic E-state index is -2.65. The normalized spacial score (nSPS) is 21.8. The van der Waals surface area contributed by atoms with E-state index in [4.69, 9.17) is 9.47 Å². The number of methoxy groups -OCH3 is 1. The molecule has 0 radical (unpaired) electrons. The Morgan fingerprint density at radius 3 is 1.70 bits per heavy atom. The molecule has 0 bridgehead atoms. The number of esters is 1. The number of hydrogen-bond donors (Lipinski definition) is 0. The van der Waals surface area contributed by atoms with Crippen LogP contribution < -0.4 is 0 Å². The van der Waals surface area contributed by atoms with E-state index < -0.39 is 22.0 Å². The third kappa shape index (κ3) is 3.90. The van der Waals surface area contributed by atoms with E-state index in [1.165, 1.54) is 58.9 Å². The summed E-state index contributed by atoms with van der Waals surface area (Å²) < 4.78 is 14.4. The molecule has 1 rings (SSSR count). The zero-order valence-electron chi connectivity index (χ0n) is 13.8. The summed E-state index contributed by atoms with van der Waals surface area (Å²) in [5.74, 6) is -0.0587. The van der Waals surface area contributed by atoms with E-state index in [0.29, 0.717) is 6.61 Å². The molecule has 0 amide bonds. The summed E-state index contributed by atoms with van der Waals surface area (Å²) in [6, 6.07) is 0. The van der Waals surface area contributed by atoms with Gasteiger partial charge in [0.2, 0.25) is 0 Å². The van der Waals surface area contributed by atoms with Gasteiger partial charge in [-0.3, -0.25) is 0 Å². The van der Waals surface area contributed by atoms with Gasteiger partial charge in [-0.1, -0.05) is 0 Å². The average Bonchev–Trinajstić information content (AvgIpc) is 3.28. The second-order valence-electron chi connectivity index (χ2n) is 6.20. The van der Waals surface area contributed by atoms with E-state index in [9.17, 15) is 4.79 Å². The van der Waals surface area contributed by atoms with Gasteiger partial charge < -0.3 is 0 Å². The van der Waals surface area contributed by atoms with Crippen molar-refractivity contribution in [3.8, 4) is 0 Å². The van der Waals surface area contributed by atoms with Gasteiger partial charge in [-0.25, -0.2) is 0 Å². The van der Waals surface area contributed by atoms with Crippen LogP contribution in [0.5, 0.6) is 0 Å². The molecule has 0 aromatic carbocycles. The fraction of sp³-hybridized carbons (Fsp3) is 0.938. The van der Waals surface area contributed by atoms with Crippen molar-refractivity contribution >= 4 is 24.3 Å². The van der Waals surface area contributed by atoms with Gasteiger partial charge in [-0.05, 0) is 0 Å². The zero-order chi connectivity index (χ0) is 15.1. The molecule has 118 valence electrons. The average molecular weight is 391 g/mol. The molecule has 1 aliphatic heterocycles. The van der Waals surface area contributed by atoms with Crippen molar-refractivity contribution in [2.45, 2.75) is 76.2 Å². The third-order valence-electron chi connectivity index (χ3n) is 4.83. The molecule has 0 aromatic heterocycles. The number of carbonyl (C=O) groups is 1. The van der Waals surface area contributed by atoms with Gasteiger partial charge in [0, 0.05) is 0 Å². The van der Waals surface area contributed by atoms with Gasteiger partial charge in [0.25, 0.3) is 0 Å². The van der Waals surface area contributed by atoms with Crippen LogP contribution in [0.2, 0.25) is 13.3 Å². The summed E-state index contributed by atoms with van der Waals surface area (Å²) in [5.41, 5.74) is 0. The number of carbonyl (C=O) groups excluding carboxylic acids is 1. The van der Waals surface area contributed by atoms with Gasteiger partial charge in [0.15, 0.2) is 0 Å². The summed E-state index contributed by atoms with van der Waals surface area (Å²) in [6.45, 7) is 7.38. The SMILES string of the molecule is CCC[CH2][Sn]([CH2]CCC)([CH2]CCC)[C]1(C(=O)OC)CO1. The molecule has 1 unspecified atom stereocenters. The summed E-state index contributed by atoms with van der Waals surface area (Å²) >= 11 is -2.65. The zero-order valence-corrected chi connectivity index (χ0v) is 16.6. The molecule has 3 nitrogen and oxygen atoms in total. The maximum atomic E-state index is 12.3. The fourth-order valence-corrected chi connectivity index (χ4v) is 21.3. The molecule has 4 heteroatoms. The second kappa shape index (κ2) is 8.62. The first-order chi connectivity index (χ1) is 9.62. The van der Waals surface area contributed by atoms with E-state index in [2.05, 4.69) is 20.8 Å². The molecule has 0 N–H and O–H groups in total. The molecule has 0 aromatic rings. The van der Waals surface area contributed by atoms with Crippen LogP contribution in [0.3, 0.4) is 0 Å². The summed E-state index contributed by atoms with van der Waals surface area (Å²) in [6.07, 6.45) is 7.42. The van der Waals surface area contributed by atoms with Crippen molar-refractivity contribution in [3.05, 3.63) is 0 Å². The van der Waals surface area contributed by atoms with Gasteiger partial charge >= 0.3 is 129 Å². The van der Waals surface area contributed by atoms with Gasteiger partial charge in [-0.2, -0.15) is 0 Å². The predicted octanol–water partition coefficient (Wildman–Crippen LogP) is 4.32. The molecule has 0 saturated carbocycles. The second-order valence-corrected chi connectivity index (χ2v) is 20.1. The summed E-state index contributed by atoms with van der Waals surface area (Å²) in [4.78, 5) is 12.3. The first-order valence-corrected chi connectivity index (χ1v) is 15.8. The fourth-order valence-electron chi connectivity index (χ4n) is 3.40. The predicted molar refractivity (Wildman–Crippen MR) is 85.6 cm³/mol. The van der Waals surface area contributed by atoms with Crippen LogP contribution in [0.1, 0.15) is 59.3 Å². The van der Waals surface area contributed by atoms with E-state index in [0.717, 1.165) is 0 Å². The third-order valence-corrected chi connectivity index (χ3v) is 22.4. The molecular formula is C16H32O3Sn. The van der Waals surface area contributed by atoms with Crippen molar-refractivity contribution in [1.29, 1.82) is 0 Å². The Hall–Kier alpha value is 0.229. The Bertz CT molecular complexity index is 278. The summed E-state index contributed by atoms with van der Waals surface area (Å²) in [7, 11) is 1.52. The van der Waals surface area contributed by atoms with Crippen LogP contribution in [0.15, 0.2) is 0 Å². The Morgan fingerprint density at radius 1 is 1.05 bits per heavy atom. The van der Waals surface area contributed by atoms with E-state index >= 15 is 0 Å². The molecule has 1 heterocycles. The van der Waals surface area contributed by atoms with Crippen LogP contribution in [0.4, 0.5) is 0 Å². The number of unbranched alkanes of at least 4 members (excludes halogenated alkanes) is 3. The van der Waals surface area contributed by atoms with Crippen LogP contribution in [0.25, 0.3) is 0 Å². The van der Waals surface area contributed by atoms with Crippen molar-refractivity contribution < 1.29 is 14.3 Å². The quantitative estimate of drug-likeness (QED) is 0.299. The van der Waals surface area contributed by atoms with Crippen molar-refractivity contribution in [1.82, 2.24) is 0 Å². The Labute approximate surface area is 128 Å². The molecular weight excluding hydrogens is 359 g/mol. The van der Waals surface area contributed by atoms with Crippen molar-refractivity contribution in [2.75, 3.05) is 13.7 Å². The first kappa shape index (κ1) is 18.3. The topological polar surface area (TPSA) is 38.8 Å². The first-order valence-electron chi connectivity index (χ1n) is 8.34. The Kier molecular flexibility index (Phi) is 7.88. The van der Waals surface area contributed by atoms with E-state index in [1.807, 2.05) is 0 Å². The molecule has 1 aliphatic rings. The molecule has 0 aliphatic carbocycles. The van der Waals surface area contributed by atoms with Crippen LogP contribution in [-0.4, -0.2) is 41.7 Å².